The summed E-state index contributed by atoms with van der Waals surface area (Å²) in [6.07, 6.45) is 0.819. The number of aryl methyl sites for hydroxylation is 2. The normalized spacial score (nSPS) is 10.6. The Morgan fingerprint density at radius 3 is 2.59 bits per heavy atom. The summed E-state index contributed by atoms with van der Waals surface area (Å²) in [5.41, 5.74) is 3.95. The Hall–Kier alpha value is -2.79. The van der Waals surface area contributed by atoms with Gasteiger partial charge in [-0.1, -0.05) is 41.0 Å². The van der Waals surface area contributed by atoms with Crippen LogP contribution in [0.25, 0.3) is 0 Å². The van der Waals surface area contributed by atoms with Crippen molar-refractivity contribution in [2.75, 3.05) is 11.9 Å². The molecule has 0 spiro atoms. The molecular weight excluding hydrogens is 364 g/mol. The van der Waals surface area contributed by atoms with Gasteiger partial charge in [0.25, 0.3) is 0 Å². The van der Waals surface area contributed by atoms with Gasteiger partial charge in [0.1, 0.15) is 12.4 Å². The summed E-state index contributed by atoms with van der Waals surface area (Å²) in [7, 11) is 0. The molecule has 0 unspecified atom stereocenters. The molecule has 0 aliphatic heterocycles. The van der Waals surface area contributed by atoms with Crippen LogP contribution in [-0.2, 0) is 17.8 Å². The number of benzene rings is 2. The minimum Gasteiger partial charge on any atom is -0.457 e. The lowest BCUT2D eigenvalue weighted by Crippen LogP contribution is -2.12. The largest absolute Gasteiger partial charge is 0.457 e. The first-order valence-electron chi connectivity index (χ1n) is 8.71. The Balaban J connectivity index is 1.61. The molecule has 0 saturated heterocycles. The lowest BCUT2D eigenvalue weighted by molar-refractivity contribution is 0.0472. The van der Waals surface area contributed by atoms with Crippen LogP contribution in [0.3, 0.4) is 0 Å². The summed E-state index contributed by atoms with van der Waals surface area (Å²) in [6.45, 7) is 4.45. The number of halogens is 1. The van der Waals surface area contributed by atoms with E-state index in [-0.39, 0.29) is 12.6 Å². The van der Waals surface area contributed by atoms with Crippen molar-refractivity contribution < 1.29 is 14.1 Å². The Labute approximate surface area is 163 Å². The maximum Gasteiger partial charge on any atom is 0.340 e. The van der Waals surface area contributed by atoms with Crippen molar-refractivity contribution in [2.45, 2.75) is 26.9 Å². The van der Waals surface area contributed by atoms with E-state index in [4.69, 9.17) is 20.9 Å². The van der Waals surface area contributed by atoms with Gasteiger partial charge in [-0.25, -0.2) is 4.79 Å². The van der Waals surface area contributed by atoms with Crippen molar-refractivity contribution in [1.82, 2.24) is 5.16 Å². The molecule has 0 amide bonds. The molecule has 3 rings (SSSR count). The van der Waals surface area contributed by atoms with Gasteiger partial charge in [-0.2, -0.15) is 0 Å². The van der Waals surface area contributed by atoms with Crippen molar-refractivity contribution in [1.29, 1.82) is 0 Å². The quantitative estimate of drug-likeness (QED) is 0.583. The van der Waals surface area contributed by atoms with Crippen molar-refractivity contribution in [2.24, 2.45) is 0 Å². The highest BCUT2D eigenvalue weighted by molar-refractivity contribution is 6.30. The van der Waals surface area contributed by atoms with Gasteiger partial charge in [-0.15, -0.1) is 0 Å². The molecule has 140 valence electrons. The lowest BCUT2D eigenvalue weighted by Gasteiger charge is -2.12. The number of esters is 1. The average Bonchev–Trinajstić information content (AvgIpc) is 2.99. The lowest BCUT2D eigenvalue weighted by atomic mass is 10.1. The van der Waals surface area contributed by atoms with Gasteiger partial charge in [0, 0.05) is 17.3 Å². The van der Waals surface area contributed by atoms with E-state index in [1.165, 1.54) is 5.56 Å². The van der Waals surface area contributed by atoms with E-state index in [1.54, 1.807) is 13.0 Å². The van der Waals surface area contributed by atoms with Crippen LogP contribution < -0.4 is 5.32 Å². The standard InChI is InChI=1S/C21H21ClN2O3/c1-14-19(15(2)27-24-14)13-26-21(25)18-5-3-4-6-20(18)23-12-11-16-7-9-17(22)10-8-16/h3-10,23H,11-13H2,1-2H3. The number of hydrogen-bond donors (Lipinski definition) is 1. The van der Waals surface area contributed by atoms with Crippen molar-refractivity contribution in [3.8, 4) is 0 Å². The van der Waals surface area contributed by atoms with E-state index < -0.39 is 0 Å². The summed E-state index contributed by atoms with van der Waals surface area (Å²) in [5.74, 6) is 0.277. The number of nitrogens with zero attached hydrogens (tertiary/aromatic N) is 1. The number of ether oxygens (including phenoxy) is 1. The number of rotatable bonds is 7. The molecule has 6 heteroatoms. The van der Waals surface area contributed by atoms with Gasteiger partial charge >= 0.3 is 5.97 Å². The van der Waals surface area contributed by atoms with Crippen molar-refractivity contribution in [3.05, 3.63) is 81.7 Å². The molecule has 27 heavy (non-hydrogen) atoms. The summed E-state index contributed by atoms with van der Waals surface area (Å²) in [4.78, 5) is 12.5. The fourth-order valence-corrected chi connectivity index (χ4v) is 2.86. The second-order valence-corrected chi connectivity index (χ2v) is 6.66. The van der Waals surface area contributed by atoms with E-state index in [1.807, 2.05) is 49.4 Å². The molecule has 1 heterocycles. The van der Waals surface area contributed by atoms with Gasteiger partial charge in [0.05, 0.1) is 16.8 Å². The van der Waals surface area contributed by atoms with E-state index in [0.717, 1.165) is 28.4 Å². The van der Waals surface area contributed by atoms with Crippen LogP contribution in [0.5, 0.6) is 0 Å². The molecular formula is C21H21ClN2O3. The number of nitrogens with one attached hydrogen (secondary N) is 1. The van der Waals surface area contributed by atoms with Gasteiger partial charge in [-0.05, 0) is 50.1 Å². The number of aromatic nitrogens is 1. The van der Waals surface area contributed by atoms with Crippen LogP contribution in [0.4, 0.5) is 5.69 Å². The van der Waals surface area contributed by atoms with E-state index in [2.05, 4.69) is 10.5 Å². The number of carbonyl (C=O) groups is 1. The molecule has 1 aromatic heterocycles. The third kappa shape index (κ3) is 4.89. The highest BCUT2D eigenvalue weighted by atomic mass is 35.5. The number of para-hydroxylation sites is 1. The highest BCUT2D eigenvalue weighted by Crippen LogP contribution is 2.19. The van der Waals surface area contributed by atoms with E-state index in [9.17, 15) is 4.79 Å². The monoisotopic (exact) mass is 384 g/mol. The second kappa shape index (κ2) is 8.73. The summed E-state index contributed by atoms with van der Waals surface area (Å²) >= 11 is 5.91. The van der Waals surface area contributed by atoms with Crippen LogP contribution in [-0.4, -0.2) is 17.7 Å². The number of hydrogen-bond acceptors (Lipinski definition) is 5. The zero-order chi connectivity index (χ0) is 19.2. The first-order valence-corrected chi connectivity index (χ1v) is 9.08. The fourth-order valence-electron chi connectivity index (χ4n) is 2.73. The maximum atomic E-state index is 12.5. The minimum atomic E-state index is -0.385. The predicted molar refractivity (Wildman–Crippen MR) is 105 cm³/mol. The number of anilines is 1. The van der Waals surface area contributed by atoms with E-state index >= 15 is 0 Å². The molecule has 0 fully saturated rings. The Bertz CT molecular complexity index is 900. The molecule has 0 radical (unpaired) electrons. The van der Waals surface area contributed by atoms with E-state index in [0.29, 0.717) is 17.9 Å². The SMILES string of the molecule is Cc1noc(C)c1COC(=O)c1ccccc1NCCc1ccc(Cl)cc1. The first kappa shape index (κ1) is 19.0. The van der Waals surface area contributed by atoms with Crippen LogP contribution in [0.1, 0.15) is 32.9 Å². The predicted octanol–water partition coefficient (Wildman–Crippen LogP) is 4.96. The second-order valence-electron chi connectivity index (χ2n) is 6.23. The Morgan fingerprint density at radius 1 is 1.15 bits per heavy atom. The number of carbonyl (C=O) groups excluding carboxylic acids is 1. The summed E-state index contributed by atoms with van der Waals surface area (Å²) in [6, 6.07) is 15.1. The smallest absolute Gasteiger partial charge is 0.340 e. The molecule has 5 nitrogen and oxygen atoms in total. The van der Waals surface area contributed by atoms with Crippen LogP contribution >= 0.6 is 11.6 Å². The fraction of sp³-hybridized carbons (Fsp3) is 0.238. The molecule has 0 aliphatic carbocycles. The van der Waals surface area contributed by atoms with Gasteiger partial charge in [0.2, 0.25) is 0 Å². The topological polar surface area (TPSA) is 64.4 Å². The molecule has 0 atom stereocenters. The average molecular weight is 385 g/mol. The third-order valence-corrected chi connectivity index (χ3v) is 4.57. The molecule has 0 bridgehead atoms. The molecule has 3 aromatic rings. The van der Waals surface area contributed by atoms with Crippen LogP contribution in [0.15, 0.2) is 53.1 Å². The minimum absolute atomic E-state index is 0.138. The summed E-state index contributed by atoms with van der Waals surface area (Å²) < 4.78 is 10.6. The van der Waals surface area contributed by atoms with Gasteiger partial charge in [0.15, 0.2) is 0 Å². The maximum absolute atomic E-state index is 12.5. The van der Waals surface area contributed by atoms with Gasteiger partial charge < -0.3 is 14.6 Å². The van der Waals surface area contributed by atoms with Crippen LogP contribution in [0.2, 0.25) is 5.02 Å². The highest BCUT2D eigenvalue weighted by Gasteiger charge is 2.15. The Morgan fingerprint density at radius 2 is 1.89 bits per heavy atom. The van der Waals surface area contributed by atoms with Crippen LogP contribution in [0, 0.1) is 13.8 Å². The molecule has 2 aromatic carbocycles. The Kier molecular flexibility index (Phi) is 6.14. The molecule has 0 saturated carbocycles. The third-order valence-electron chi connectivity index (χ3n) is 4.32. The molecule has 1 N–H and O–H groups in total. The summed E-state index contributed by atoms with van der Waals surface area (Å²) in [5, 5.41) is 7.90. The first-order chi connectivity index (χ1) is 13.0. The zero-order valence-corrected chi connectivity index (χ0v) is 16.0. The van der Waals surface area contributed by atoms with Gasteiger partial charge in [-0.3, -0.25) is 0 Å². The van der Waals surface area contributed by atoms with Crippen molar-refractivity contribution >= 4 is 23.3 Å². The van der Waals surface area contributed by atoms with Crippen molar-refractivity contribution in [3.63, 3.8) is 0 Å². The molecule has 0 aliphatic rings. The zero-order valence-electron chi connectivity index (χ0n) is 15.3.